The SMILES string of the molecule is N#Cc1ccccc1-c1ccc(-c2nccn2Cc2n[nH]c(=O)[nH]2)o1. The van der Waals surface area contributed by atoms with Gasteiger partial charge in [-0.1, -0.05) is 12.1 Å². The summed E-state index contributed by atoms with van der Waals surface area (Å²) in [6, 6.07) is 13.0. The average Bonchev–Trinajstić information content (AvgIpc) is 3.36. The standard InChI is InChI=1S/C17H12N6O2/c18-9-11-3-1-2-4-12(11)13-5-6-14(25-13)16-19-7-8-23(16)10-15-20-17(24)22-21-15/h1-8H,10H2,(H2,20,21,22,24). The van der Waals surface area contributed by atoms with Gasteiger partial charge in [0.1, 0.15) is 5.76 Å². The first-order chi connectivity index (χ1) is 12.2. The van der Waals surface area contributed by atoms with E-state index >= 15 is 0 Å². The molecular weight excluding hydrogens is 320 g/mol. The van der Waals surface area contributed by atoms with Crippen molar-refractivity contribution in [2.24, 2.45) is 0 Å². The number of benzene rings is 1. The van der Waals surface area contributed by atoms with Crippen molar-refractivity contribution in [2.75, 3.05) is 0 Å². The number of nitrogens with zero attached hydrogens (tertiary/aromatic N) is 4. The summed E-state index contributed by atoms with van der Waals surface area (Å²) in [5.41, 5.74) is 0.914. The van der Waals surface area contributed by atoms with Gasteiger partial charge >= 0.3 is 5.69 Å². The smallest absolute Gasteiger partial charge is 0.340 e. The Hall–Kier alpha value is -3.86. The van der Waals surface area contributed by atoms with E-state index in [0.29, 0.717) is 35.3 Å². The van der Waals surface area contributed by atoms with Gasteiger partial charge in [0.2, 0.25) is 0 Å². The van der Waals surface area contributed by atoms with Crippen LogP contribution in [0.4, 0.5) is 0 Å². The van der Waals surface area contributed by atoms with E-state index in [1.54, 1.807) is 30.6 Å². The fourth-order valence-electron chi connectivity index (χ4n) is 2.60. The lowest BCUT2D eigenvalue weighted by atomic mass is 10.1. The summed E-state index contributed by atoms with van der Waals surface area (Å²) in [5.74, 6) is 2.25. The van der Waals surface area contributed by atoms with Crippen LogP contribution in [0.5, 0.6) is 0 Å². The van der Waals surface area contributed by atoms with Crippen LogP contribution in [0.1, 0.15) is 11.4 Å². The van der Waals surface area contributed by atoms with Crippen molar-refractivity contribution >= 4 is 0 Å². The second-order valence-corrected chi connectivity index (χ2v) is 5.32. The van der Waals surface area contributed by atoms with E-state index in [9.17, 15) is 10.1 Å². The minimum Gasteiger partial charge on any atom is -0.453 e. The Bertz CT molecular complexity index is 1120. The molecule has 0 saturated carbocycles. The first-order valence-electron chi connectivity index (χ1n) is 7.49. The molecule has 3 heterocycles. The minimum atomic E-state index is -0.356. The monoisotopic (exact) mass is 332 g/mol. The summed E-state index contributed by atoms with van der Waals surface area (Å²) >= 11 is 0. The fourth-order valence-corrected chi connectivity index (χ4v) is 2.60. The quantitative estimate of drug-likeness (QED) is 0.594. The van der Waals surface area contributed by atoms with E-state index in [1.807, 2.05) is 22.8 Å². The van der Waals surface area contributed by atoms with Crippen LogP contribution in [-0.4, -0.2) is 24.7 Å². The predicted molar refractivity (Wildman–Crippen MR) is 88.4 cm³/mol. The molecule has 122 valence electrons. The predicted octanol–water partition coefficient (Wildman–Crippen LogP) is 2.14. The summed E-state index contributed by atoms with van der Waals surface area (Å²) in [6.45, 7) is 0.346. The van der Waals surface area contributed by atoms with Crippen molar-refractivity contribution in [3.8, 4) is 29.0 Å². The number of aromatic nitrogens is 5. The maximum absolute atomic E-state index is 11.2. The normalized spacial score (nSPS) is 10.7. The number of imidazole rings is 1. The Morgan fingerprint density at radius 2 is 2.04 bits per heavy atom. The van der Waals surface area contributed by atoms with Gasteiger partial charge in [0.15, 0.2) is 17.4 Å². The lowest BCUT2D eigenvalue weighted by molar-refractivity contribution is 0.584. The molecule has 0 aliphatic carbocycles. The van der Waals surface area contributed by atoms with Crippen LogP contribution in [0.2, 0.25) is 0 Å². The summed E-state index contributed by atoms with van der Waals surface area (Å²) in [4.78, 5) is 18.1. The van der Waals surface area contributed by atoms with Crippen LogP contribution < -0.4 is 5.69 Å². The molecule has 4 aromatic rings. The molecule has 0 bridgehead atoms. The number of H-pyrrole nitrogens is 2. The fraction of sp³-hybridized carbons (Fsp3) is 0.0588. The molecule has 0 aliphatic heterocycles. The van der Waals surface area contributed by atoms with Gasteiger partial charge in [-0.15, -0.1) is 0 Å². The molecule has 0 unspecified atom stereocenters. The molecule has 1 aromatic carbocycles. The minimum absolute atomic E-state index is 0.346. The second kappa shape index (κ2) is 5.98. The molecule has 8 nitrogen and oxygen atoms in total. The van der Waals surface area contributed by atoms with E-state index in [0.717, 1.165) is 5.56 Å². The van der Waals surface area contributed by atoms with Crippen molar-refractivity contribution in [1.82, 2.24) is 24.7 Å². The van der Waals surface area contributed by atoms with E-state index in [2.05, 4.69) is 26.2 Å². The highest BCUT2D eigenvalue weighted by Gasteiger charge is 2.14. The molecular formula is C17H12N6O2. The first kappa shape index (κ1) is 14.7. The van der Waals surface area contributed by atoms with E-state index < -0.39 is 0 Å². The highest BCUT2D eigenvalue weighted by Crippen LogP contribution is 2.29. The molecule has 0 spiro atoms. The summed E-state index contributed by atoms with van der Waals surface area (Å²) in [7, 11) is 0. The highest BCUT2D eigenvalue weighted by atomic mass is 16.3. The van der Waals surface area contributed by atoms with E-state index in [4.69, 9.17) is 4.42 Å². The van der Waals surface area contributed by atoms with Gasteiger partial charge in [0.05, 0.1) is 18.2 Å². The number of nitriles is 1. The van der Waals surface area contributed by atoms with Crippen LogP contribution in [0.3, 0.4) is 0 Å². The number of aromatic amines is 2. The molecule has 25 heavy (non-hydrogen) atoms. The highest BCUT2D eigenvalue weighted by molar-refractivity contribution is 5.68. The molecule has 0 aliphatic rings. The van der Waals surface area contributed by atoms with Crippen LogP contribution in [0.15, 0.2) is 58.0 Å². The Balaban J connectivity index is 1.69. The van der Waals surface area contributed by atoms with Crippen molar-refractivity contribution in [1.29, 1.82) is 5.26 Å². The summed E-state index contributed by atoms with van der Waals surface area (Å²) in [5, 5.41) is 15.5. The van der Waals surface area contributed by atoms with Gasteiger partial charge in [-0.2, -0.15) is 10.4 Å². The van der Waals surface area contributed by atoms with Gasteiger partial charge < -0.3 is 8.98 Å². The zero-order valence-electron chi connectivity index (χ0n) is 12.9. The maximum Gasteiger partial charge on any atom is 0.340 e. The van der Waals surface area contributed by atoms with Gasteiger partial charge in [0, 0.05) is 18.0 Å². The Morgan fingerprint density at radius 1 is 1.20 bits per heavy atom. The molecule has 3 aromatic heterocycles. The van der Waals surface area contributed by atoms with Gasteiger partial charge in [0.25, 0.3) is 0 Å². The van der Waals surface area contributed by atoms with Crippen LogP contribution in [-0.2, 0) is 6.54 Å². The zero-order chi connectivity index (χ0) is 17.2. The Kier molecular flexibility index (Phi) is 3.52. The van der Waals surface area contributed by atoms with Crippen molar-refractivity contribution < 1.29 is 4.42 Å². The van der Waals surface area contributed by atoms with Gasteiger partial charge in [-0.25, -0.2) is 14.9 Å². The molecule has 0 amide bonds. The van der Waals surface area contributed by atoms with Crippen LogP contribution in [0, 0.1) is 11.3 Å². The number of nitrogens with one attached hydrogen (secondary N) is 2. The molecule has 0 fully saturated rings. The lowest BCUT2D eigenvalue weighted by Crippen LogP contribution is -2.05. The van der Waals surface area contributed by atoms with Crippen LogP contribution in [0.25, 0.3) is 22.9 Å². The number of hydrogen-bond donors (Lipinski definition) is 2. The molecule has 0 radical (unpaired) electrons. The van der Waals surface area contributed by atoms with Crippen LogP contribution >= 0.6 is 0 Å². The second-order valence-electron chi connectivity index (χ2n) is 5.32. The van der Waals surface area contributed by atoms with Crippen molar-refractivity contribution in [3.05, 3.63) is 70.7 Å². The molecule has 2 N–H and O–H groups in total. The largest absolute Gasteiger partial charge is 0.453 e. The summed E-state index contributed by atoms with van der Waals surface area (Å²) in [6.07, 6.45) is 3.42. The molecule has 0 atom stereocenters. The van der Waals surface area contributed by atoms with Gasteiger partial charge in [-0.3, -0.25) is 4.98 Å². The van der Waals surface area contributed by atoms with Gasteiger partial charge in [-0.05, 0) is 24.3 Å². The van der Waals surface area contributed by atoms with E-state index in [-0.39, 0.29) is 5.69 Å². The lowest BCUT2D eigenvalue weighted by Gasteiger charge is -2.03. The Labute approximate surface area is 141 Å². The number of hydrogen-bond acceptors (Lipinski definition) is 5. The van der Waals surface area contributed by atoms with Crippen molar-refractivity contribution in [2.45, 2.75) is 6.54 Å². The first-order valence-corrected chi connectivity index (χ1v) is 7.49. The summed E-state index contributed by atoms with van der Waals surface area (Å²) < 4.78 is 7.72. The number of furan rings is 1. The molecule has 4 rings (SSSR count). The molecule has 0 saturated heterocycles. The average molecular weight is 332 g/mol. The Morgan fingerprint density at radius 3 is 2.84 bits per heavy atom. The molecule has 8 heteroatoms. The zero-order valence-corrected chi connectivity index (χ0v) is 12.9. The van der Waals surface area contributed by atoms with E-state index in [1.165, 1.54) is 0 Å². The third-order valence-corrected chi connectivity index (χ3v) is 3.73. The maximum atomic E-state index is 11.2. The number of rotatable bonds is 4. The topological polar surface area (TPSA) is 116 Å². The third kappa shape index (κ3) is 2.74. The van der Waals surface area contributed by atoms with Crippen molar-refractivity contribution in [3.63, 3.8) is 0 Å². The third-order valence-electron chi connectivity index (χ3n) is 3.73.